The summed E-state index contributed by atoms with van der Waals surface area (Å²) in [6.07, 6.45) is 7.17. The monoisotopic (exact) mass is 375 g/mol. The fraction of sp³-hybridized carbons (Fsp3) is 0.273. The Kier molecular flexibility index (Phi) is 6.81. The van der Waals surface area contributed by atoms with Gasteiger partial charge in [0.05, 0.1) is 12.2 Å². The molecule has 0 aliphatic rings. The minimum absolute atomic E-state index is 0.0607. The summed E-state index contributed by atoms with van der Waals surface area (Å²) in [6.45, 7) is 7.92. The molecule has 0 saturated carbocycles. The molecule has 2 aromatic heterocycles. The van der Waals surface area contributed by atoms with Gasteiger partial charge in [-0.1, -0.05) is 25.1 Å². The second-order valence-corrected chi connectivity index (χ2v) is 6.64. The number of anilines is 1. The van der Waals surface area contributed by atoms with E-state index in [1.54, 1.807) is 12.4 Å². The van der Waals surface area contributed by atoms with Crippen molar-refractivity contribution in [2.75, 3.05) is 25.0 Å². The summed E-state index contributed by atoms with van der Waals surface area (Å²) in [5.74, 6) is 0.489. The number of amides is 1. The molecule has 0 saturated heterocycles. The largest absolute Gasteiger partial charge is 0.310 e. The van der Waals surface area contributed by atoms with Crippen molar-refractivity contribution in [3.8, 4) is 11.3 Å². The van der Waals surface area contributed by atoms with E-state index in [2.05, 4.69) is 38.9 Å². The van der Waals surface area contributed by atoms with E-state index in [0.717, 1.165) is 48.0 Å². The van der Waals surface area contributed by atoms with Crippen LogP contribution in [0.15, 0.2) is 61.4 Å². The normalized spacial score (nSPS) is 10.9. The van der Waals surface area contributed by atoms with Crippen molar-refractivity contribution in [3.63, 3.8) is 0 Å². The highest BCUT2D eigenvalue weighted by atomic mass is 16.2. The number of aromatic nitrogens is 3. The number of carbonyl (C=O) groups is 1. The van der Waals surface area contributed by atoms with Crippen LogP contribution in [-0.2, 0) is 4.79 Å². The third-order valence-corrected chi connectivity index (χ3v) is 4.41. The summed E-state index contributed by atoms with van der Waals surface area (Å²) < 4.78 is 0. The summed E-state index contributed by atoms with van der Waals surface area (Å²) in [6, 6.07) is 11.7. The molecule has 28 heavy (non-hydrogen) atoms. The molecule has 0 aliphatic heterocycles. The van der Waals surface area contributed by atoms with Crippen LogP contribution in [0.4, 0.5) is 5.82 Å². The Balaban J connectivity index is 1.74. The highest BCUT2D eigenvalue weighted by Gasteiger charge is 2.11. The summed E-state index contributed by atoms with van der Waals surface area (Å²) in [4.78, 5) is 18.9. The summed E-state index contributed by atoms with van der Waals surface area (Å²) in [7, 11) is 0. The molecule has 0 atom stereocenters. The van der Waals surface area contributed by atoms with E-state index < -0.39 is 0 Å². The Morgan fingerprint density at radius 3 is 2.86 bits per heavy atom. The zero-order chi connectivity index (χ0) is 19.8. The number of pyridine rings is 1. The third kappa shape index (κ3) is 5.20. The van der Waals surface area contributed by atoms with E-state index in [4.69, 9.17) is 0 Å². The van der Waals surface area contributed by atoms with Crippen LogP contribution in [0.2, 0.25) is 0 Å². The topological polar surface area (TPSA) is 71.0 Å². The van der Waals surface area contributed by atoms with Gasteiger partial charge in [-0.3, -0.25) is 9.69 Å². The van der Waals surface area contributed by atoms with Crippen LogP contribution in [0.5, 0.6) is 0 Å². The first-order valence-corrected chi connectivity index (χ1v) is 9.50. The Bertz CT molecular complexity index is 942. The zero-order valence-corrected chi connectivity index (χ0v) is 16.1. The van der Waals surface area contributed by atoms with Gasteiger partial charge in [0.15, 0.2) is 0 Å². The SMILES string of the molecule is C=CCCN(CCC)CC(=O)Nc1cc2cc(-c3cccnn3)ccc2cn1. The molecular formula is C22H25N5O. The van der Waals surface area contributed by atoms with Crippen LogP contribution in [0, 0.1) is 0 Å². The van der Waals surface area contributed by atoms with Crippen LogP contribution in [-0.4, -0.2) is 45.6 Å². The molecular weight excluding hydrogens is 350 g/mol. The van der Waals surface area contributed by atoms with Gasteiger partial charge in [0.25, 0.3) is 0 Å². The summed E-state index contributed by atoms with van der Waals surface area (Å²) in [5, 5.41) is 13.0. The Labute approximate surface area is 165 Å². The molecule has 6 heteroatoms. The Morgan fingerprint density at radius 1 is 1.21 bits per heavy atom. The molecule has 0 bridgehead atoms. The average Bonchev–Trinajstić information content (AvgIpc) is 2.72. The molecule has 0 aliphatic carbocycles. The van der Waals surface area contributed by atoms with Crippen LogP contribution in [0.1, 0.15) is 19.8 Å². The van der Waals surface area contributed by atoms with E-state index >= 15 is 0 Å². The molecule has 1 amide bonds. The number of nitrogens with one attached hydrogen (secondary N) is 1. The van der Waals surface area contributed by atoms with Crippen molar-refractivity contribution < 1.29 is 4.79 Å². The molecule has 2 heterocycles. The van der Waals surface area contributed by atoms with Crippen LogP contribution in [0.3, 0.4) is 0 Å². The van der Waals surface area contributed by atoms with E-state index in [0.29, 0.717) is 12.4 Å². The maximum absolute atomic E-state index is 12.4. The maximum Gasteiger partial charge on any atom is 0.239 e. The second-order valence-electron chi connectivity index (χ2n) is 6.64. The summed E-state index contributed by atoms with van der Waals surface area (Å²) >= 11 is 0. The molecule has 6 nitrogen and oxygen atoms in total. The molecule has 0 radical (unpaired) electrons. The lowest BCUT2D eigenvalue weighted by Gasteiger charge is -2.20. The zero-order valence-electron chi connectivity index (χ0n) is 16.1. The van der Waals surface area contributed by atoms with Gasteiger partial charge >= 0.3 is 0 Å². The van der Waals surface area contributed by atoms with Gasteiger partial charge in [-0.2, -0.15) is 10.2 Å². The standard InChI is InChI=1S/C22H25N5O/c1-3-5-12-27(11-4-2)16-22(28)25-21-14-19-13-17(8-9-18(19)15-23-21)20-7-6-10-24-26-20/h3,6-10,13-15H,1,4-5,11-12,16H2,2H3,(H,23,25,28). The van der Waals surface area contributed by atoms with E-state index in [9.17, 15) is 4.79 Å². The molecule has 3 aromatic rings. The Hall–Kier alpha value is -3.12. The van der Waals surface area contributed by atoms with Crippen LogP contribution < -0.4 is 5.32 Å². The van der Waals surface area contributed by atoms with Gasteiger partial charge in [-0.15, -0.1) is 6.58 Å². The lowest BCUT2D eigenvalue weighted by Crippen LogP contribution is -2.34. The molecule has 144 valence electrons. The number of hydrogen-bond acceptors (Lipinski definition) is 5. The van der Waals surface area contributed by atoms with Crippen LogP contribution >= 0.6 is 0 Å². The lowest BCUT2D eigenvalue weighted by molar-refractivity contribution is -0.117. The molecule has 1 aromatic carbocycles. The molecule has 0 spiro atoms. The maximum atomic E-state index is 12.4. The minimum Gasteiger partial charge on any atom is -0.310 e. The number of benzene rings is 1. The lowest BCUT2D eigenvalue weighted by atomic mass is 10.1. The van der Waals surface area contributed by atoms with Crippen molar-refractivity contribution in [2.24, 2.45) is 0 Å². The first-order chi connectivity index (χ1) is 13.7. The molecule has 0 fully saturated rings. The van der Waals surface area contributed by atoms with Crippen molar-refractivity contribution >= 4 is 22.5 Å². The molecule has 0 unspecified atom stereocenters. The van der Waals surface area contributed by atoms with Crippen LogP contribution in [0.25, 0.3) is 22.0 Å². The number of carbonyl (C=O) groups excluding carboxylic acids is 1. The predicted octanol–water partition coefficient (Wildman–Crippen LogP) is 3.92. The Morgan fingerprint density at radius 2 is 2.11 bits per heavy atom. The minimum atomic E-state index is -0.0607. The van der Waals surface area contributed by atoms with Gasteiger partial charge in [0, 0.05) is 29.9 Å². The smallest absolute Gasteiger partial charge is 0.239 e. The van der Waals surface area contributed by atoms with E-state index in [1.807, 2.05) is 42.5 Å². The number of nitrogens with zero attached hydrogens (tertiary/aromatic N) is 4. The van der Waals surface area contributed by atoms with Crippen molar-refractivity contribution in [1.82, 2.24) is 20.1 Å². The van der Waals surface area contributed by atoms with Crippen molar-refractivity contribution in [2.45, 2.75) is 19.8 Å². The number of hydrogen-bond donors (Lipinski definition) is 1. The van der Waals surface area contributed by atoms with Gasteiger partial charge in [0.1, 0.15) is 5.82 Å². The summed E-state index contributed by atoms with van der Waals surface area (Å²) in [5.41, 5.74) is 1.78. The number of rotatable bonds is 9. The predicted molar refractivity (Wildman–Crippen MR) is 113 cm³/mol. The third-order valence-electron chi connectivity index (χ3n) is 4.41. The van der Waals surface area contributed by atoms with Gasteiger partial charge in [-0.05, 0) is 49.0 Å². The fourth-order valence-corrected chi connectivity index (χ4v) is 3.07. The fourth-order valence-electron chi connectivity index (χ4n) is 3.07. The molecule has 1 N–H and O–H groups in total. The highest BCUT2D eigenvalue weighted by molar-refractivity contribution is 5.94. The van der Waals surface area contributed by atoms with Crippen molar-refractivity contribution in [3.05, 3.63) is 61.4 Å². The number of fused-ring (bicyclic) bond motifs is 1. The van der Waals surface area contributed by atoms with E-state index in [1.165, 1.54) is 0 Å². The van der Waals surface area contributed by atoms with E-state index in [-0.39, 0.29) is 5.91 Å². The second kappa shape index (κ2) is 9.71. The average molecular weight is 375 g/mol. The highest BCUT2D eigenvalue weighted by Crippen LogP contribution is 2.23. The van der Waals surface area contributed by atoms with Gasteiger partial charge < -0.3 is 5.32 Å². The molecule has 3 rings (SSSR count). The van der Waals surface area contributed by atoms with Gasteiger partial charge in [0.2, 0.25) is 5.91 Å². The van der Waals surface area contributed by atoms with Crippen molar-refractivity contribution in [1.29, 1.82) is 0 Å². The van der Waals surface area contributed by atoms with Gasteiger partial charge in [-0.25, -0.2) is 4.98 Å². The quantitative estimate of drug-likeness (QED) is 0.574. The first kappa shape index (κ1) is 19.6. The first-order valence-electron chi connectivity index (χ1n) is 9.50.